The molecule has 0 unspecified atom stereocenters. The third kappa shape index (κ3) is 8.64. The van der Waals surface area contributed by atoms with Crippen LogP contribution in [-0.4, -0.2) is 134 Å². The van der Waals surface area contributed by atoms with Gasteiger partial charge in [0, 0.05) is 114 Å². The van der Waals surface area contributed by atoms with Crippen LogP contribution in [0, 0.1) is 0 Å². The molecule has 3 amide bonds. The number of amides is 3. The maximum atomic E-state index is 14.6. The number of aryl methyl sites for hydroxylation is 1. The van der Waals surface area contributed by atoms with Crippen molar-refractivity contribution in [2.24, 2.45) is 7.05 Å². The number of likely N-dealkylation sites (tertiary alicyclic amines) is 1. The molecule has 19 heteroatoms. The Morgan fingerprint density at radius 3 is 2.42 bits per heavy atom. The van der Waals surface area contributed by atoms with E-state index in [2.05, 4.69) is 36.3 Å². The summed E-state index contributed by atoms with van der Waals surface area (Å²) in [6.07, 6.45) is 3.40. The number of hydrogen-bond acceptors (Lipinski definition) is 11. The normalized spacial score (nSPS) is 20.8. The summed E-state index contributed by atoms with van der Waals surface area (Å²) in [4.78, 5) is 59.5. The zero-order valence-corrected chi connectivity index (χ0v) is 36.8. The van der Waals surface area contributed by atoms with Crippen LogP contribution in [0.3, 0.4) is 0 Å². The van der Waals surface area contributed by atoms with Gasteiger partial charge in [0.25, 0.3) is 5.91 Å². The molecule has 66 heavy (non-hydrogen) atoms. The molecule has 1 N–H and O–H groups in total. The molecule has 4 saturated heterocycles. The van der Waals surface area contributed by atoms with Crippen LogP contribution < -0.4 is 15.9 Å². The lowest BCUT2D eigenvalue weighted by Crippen LogP contribution is -2.52. The van der Waals surface area contributed by atoms with Crippen LogP contribution in [0.5, 0.6) is 0 Å². The monoisotopic (exact) mass is 910 g/mol. The highest BCUT2D eigenvalue weighted by Gasteiger charge is 2.43. The lowest BCUT2D eigenvalue weighted by Gasteiger charge is -2.41. The summed E-state index contributed by atoms with van der Waals surface area (Å²) in [5, 5.41) is 10.6. The number of halogens is 3. The number of imidazole rings is 1. The SMILES string of the molecule is Cn1cnnc1CC1(c2cccc(-n3cc4c(C(F)(F)F)cc(CN5CCC(OCCCN6CCN(c7ccc8c(c7)CN([C@@H]7CCC(=O)NC7=O)C8=O)CC6)CC5)cn4c3=O)c2)COC1. The lowest BCUT2D eigenvalue weighted by molar-refractivity contribution is -0.137. The van der Waals surface area contributed by atoms with Crippen molar-refractivity contribution in [3.05, 3.63) is 111 Å². The number of imide groups is 1. The second kappa shape index (κ2) is 17.7. The van der Waals surface area contributed by atoms with Gasteiger partial charge in [0.2, 0.25) is 11.8 Å². The Labute approximate surface area is 378 Å². The molecule has 348 valence electrons. The number of carbonyl (C=O) groups is 3. The lowest BCUT2D eigenvalue weighted by atomic mass is 9.75. The summed E-state index contributed by atoms with van der Waals surface area (Å²) in [5.41, 5.74) is 2.34. The van der Waals surface area contributed by atoms with Crippen LogP contribution in [0.4, 0.5) is 18.9 Å². The van der Waals surface area contributed by atoms with E-state index in [-0.39, 0.29) is 36.4 Å². The molecule has 4 fully saturated rings. The first-order valence-electron chi connectivity index (χ1n) is 22.8. The van der Waals surface area contributed by atoms with Gasteiger partial charge in [-0.15, -0.1) is 10.2 Å². The standard InChI is InChI=1S/C47H53F3N10O6/c1-54-30-51-53-41(54)23-46(28-65-29-46)33-4-2-5-35(22-33)58-27-40-38(47(48,49)50)20-31(25-60(40)45(58)64)24-56-13-10-36(11-14-56)66-19-3-12-55-15-17-57(18-16-55)34-6-7-37-32(21-34)26-59(44(37)63)39-8-9-42(61)52-43(39)62/h2,4-7,20-22,25,27,30,36,39H,3,8-19,23-24,26,28-29H2,1H3,(H,52,61,62)/t39-/m1/s1. The summed E-state index contributed by atoms with van der Waals surface area (Å²) in [5.74, 6) is -0.0998. The Morgan fingerprint density at radius 2 is 1.71 bits per heavy atom. The minimum Gasteiger partial charge on any atom is -0.379 e. The fraction of sp³-hybridized carbons (Fsp3) is 0.489. The molecule has 2 aromatic carbocycles. The highest BCUT2D eigenvalue weighted by molar-refractivity contribution is 6.05. The number of anilines is 1. The smallest absolute Gasteiger partial charge is 0.379 e. The number of piperidine rings is 2. The molecule has 16 nitrogen and oxygen atoms in total. The largest absolute Gasteiger partial charge is 0.418 e. The highest BCUT2D eigenvalue weighted by Crippen LogP contribution is 2.38. The number of benzene rings is 2. The molecule has 3 aromatic heterocycles. The number of nitrogens with zero attached hydrogens (tertiary/aromatic N) is 9. The second-order valence-corrected chi connectivity index (χ2v) is 18.4. The summed E-state index contributed by atoms with van der Waals surface area (Å²) < 4.78 is 60.1. The van der Waals surface area contributed by atoms with Crippen molar-refractivity contribution >= 4 is 28.9 Å². The topological polar surface area (TPSA) is 152 Å². The molecule has 10 rings (SSSR count). The second-order valence-electron chi connectivity index (χ2n) is 18.4. The summed E-state index contributed by atoms with van der Waals surface area (Å²) in [6.45, 7) is 7.87. The average molecular weight is 911 g/mol. The summed E-state index contributed by atoms with van der Waals surface area (Å²) >= 11 is 0. The Balaban J connectivity index is 0.700. The molecule has 5 aliphatic heterocycles. The average Bonchev–Trinajstić information content (AvgIpc) is 3.96. The van der Waals surface area contributed by atoms with Crippen molar-refractivity contribution in [3.8, 4) is 5.69 Å². The molecule has 8 heterocycles. The van der Waals surface area contributed by atoms with Gasteiger partial charge in [-0.25, -0.2) is 4.79 Å². The number of carbonyl (C=O) groups excluding carboxylic acids is 3. The fourth-order valence-electron chi connectivity index (χ4n) is 10.2. The Bertz CT molecular complexity index is 2710. The number of hydrogen-bond donors (Lipinski definition) is 1. The zero-order chi connectivity index (χ0) is 45.7. The van der Waals surface area contributed by atoms with E-state index in [0.717, 1.165) is 79.0 Å². The van der Waals surface area contributed by atoms with Gasteiger partial charge in [0.1, 0.15) is 18.2 Å². The van der Waals surface area contributed by atoms with Crippen molar-refractivity contribution in [1.29, 1.82) is 0 Å². The Morgan fingerprint density at radius 1 is 0.909 bits per heavy atom. The van der Waals surface area contributed by atoms with Gasteiger partial charge in [-0.05, 0) is 78.8 Å². The zero-order valence-electron chi connectivity index (χ0n) is 36.8. The Kier molecular flexibility index (Phi) is 11.8. The molecular formula is C47H53F3N10O6. The number of rotatable bonds is 13. The molecular weight excluding hydrogens is 858 g/mol. The number of ether oxygens (including phenoxy) is 2. The number of pyridine rings is 1. The molecule has 5 aromatic rings. The molecule has 5 aliphatic rings. The van der Waals surface area contributed by atoms with Gasteiger partial charge in [0.05, 0.1) is 36.1 Å². The van der Waals surface area contributed by atoms with Crippen molar-refractivity contribution < 1.29 is 37.0 Å². The highest BCUT2D eigenvalue weighted by atomic mass is 19.4. The van der Waals surface area contributed by atoms with E-state index in [9.17, 15) is 32.3 Å². The molecule has 0 spiro atoms. The van der Waals surface area contributed by atoms with Gasteiger partial charge in [-0.2, -0.15) is 13.2 Å². The van der Waals surface area contributed by atoms with Crippen LogP contribution in [0.1, 0.15) is 70.5 Å². The molecule has 0 aliphatic carbocycles. The van der Waals surface area contributed by atoms with Crippen LogP contribution in [0.15, 0.2) is 72.0 Å². The predicted octanol–water partition coefficient (Wildman–Crippen LogP) is 3.70. The van der Waals surface area contributed by atoms with Gasteiger partial charge >= 0.3 is 11.9 Å². The number of nitrogens with one attached hydrogen (secondary N) is 1. The third-order valence-electron chi connectivity index (χ3n) is 14.1. The molecule has 1 atom stereocenters. The van der Waals surface area contributed by atoms with E-state index < -0.39 is 34.8 Å². The van der Waals surface area contributed by atoms with Crippen molar-refractivity contribution in [2.45, 2.75) is 75.4 Å². The maximum Gasteiger partial charge on any atom is 0.418 e. The number of fused-ring (bicyclic) bond motifs is 2. The number of piperazine rings is 1. The van der Waals surface area contributed by atoms with Gasteiger partial charge in [0.15, 0.2) is 0 Å². The van der Waals surface area contributed by atoms with Crippen LogP contribution in [-0.2, 0) is 57.2 Å². The van der Waals surface area contributed by atoms with E-state index in [1.807, 2.05) is 41.9 Å². The van der Waals surface area contributed by atoms with Gasteiger partial charge < -0.3 is 23.8 Å². The third-order valence-corrected chi connectivity index (χ3v) is 14.1. The number of aromatic nitrogens is 5. The van der Waals surface area contributed by atoms with E-state index in [1.165, 1.54) is 23.0 Å². The Hall–Kier alpha value is -5.89. The predicted molar refractivity (Wildman–Crippen MR) is 235 cm³/mol. The first-order valence-corrected chi connectivity index (χ1v) is 22.8. The first kappa shape index (κ1) is 44.0. The van der Waals surface area contributed by atoms with E-state index in [1.54, 1.807) is 17.3 Å². The maximum absolute atomic E-state index is 14.6. The van der Waals surface area contributed by atoms with E-state index in [4.69, 9.17) is 9.47 Å². The van der Waals surface area contributed by atoms with Gasteiger partial charge in [-0.1, -0.05) is 12.1 Å². The number of alkyl halides is 3. The van der Waals surface area contributed by atoms with Crippen LogP contribution >= 0.6 is 0 Å². The minimum absolute atomic E-state index is 0.0716. The summed E-state index contributed by atoms with van der Waals surface area (Å²) in [6, 6.07) is 13.8. The quantitative estimate of drug-likeness (QED) is 0.136. The van der Waals surface area contributed by atoms with Crippen LogP contribution in [0.2, 0.25) is 0 Å². The summed E-state index contributed by atoms with van der Waals surface area (Å²) in [7, 11) is 1.87. The van der Waals surface area contributed by atoms with Crippen molar-refractivity contribution in [3.63, 3.8) is 0 Å². The van der Waals surface area contributed by atoms with E-state index in [0.29, 0.717) is 69.1 Å². The fourth-order valence-corrected chi connectivity index (χ4v) is 10.2. The van der Waals surface area contributed by atoms with E-state index >= 15 is 0 Å². The van der Waals surface area contributed by atoms with Gasteiger partial charge in [-0.3, -0.25) is 38.5 Å². The molecule has 0 saturated carbocycles. The molecule has 0 radical (unpaired) electrons. The van der Waals surface area contributed by atoms with Crippen molar-refractivity contribution in [1.82, 2.24) is 43.7 Å². The van der Waals surface area contributed by atoms with Crippen LogP contribution in [0.25, 0.3) is 11.2 Å². The molecule has 0 bridgehead atoms. The minimum atomic E-state index is -4.67. The first-order chi connectivity index (χ1) is 31.8. The van der Waals surface area contributed by atoms with Crippen molar-refractivity contribution in [2.75, 3.05) is 70.5 Å².